The van der Waals surface area contributed by atoms with Gasteiger partial charge in [0.1, 0.15) is 56.4 Å². The minimum absolute atomic E-state index is 0.0232. The number of nitrogens with zero attached hydrogens (tertiary/aromatic N) is 9. The highest BCUT2D eigenvalue weighted by atomic mass is 35.5. The zero-order valence-corrected chi connectivity index (χ0v) is 26.7. The zero-order valence-electron chi connectivity index (χ0n) is 25.2. The van der Waals surface area contributed by atoms with E-state index in [0.717, 1.165) is 19.3 Å². The summed E-state index contributed by atoms with van der Waals surface area (Å²) >= 11 is 12.1. The fraction of sp³-hybridized carbons (Fsp3) is 0.156. The molecule has 0 bridgehead atoms. The average Bonchev–Trinajstić information content (AvgIpc) is 3.66. The van der Waals surface area contributed by atoms with Crippen LogP contribution in [0.25, 0.3) is 33.4 Å². The van der Waals surface area contributed by atoms with E-state index < -0.39 is 0 Å². The van der Waals surface area contributed by atoms with Gasteiger partial charge in [-0.25, -0.2) is 0 Å². The van der Waals surface area contributed by atoms with Gasteiger partial charge in [0, 0.05) is 22.2 Å². The van der Waals surface area contributed by atoms with Gasteiger partial charge in [0.2, 0.25) is 0 Å². The third kappa shape index (κ3) is 6.70. The van der Waals surface area contributed by atoms with Crippen molar-refractivity contribution >= 4 is 45.3 Å². The molecule has 3 heterocycles. The number of hydrogen-bond acceptors (Lipinski definition) is 12. The van der Waals surface area contributed by atoms with Crippen molar-refractivity contribution in [3.8, 4) is 52.4 Å². The van der Waals surface area contributed by atoms with Crippen LogP contribution in [0.4, 0.5) is 0 Å². The molecule has 14 nitrogen and oxygen atoms in total. The summed E-state index contributed by atoms with van der Waals surface area (Å²) in [4.78, 5) is 15.4. The number of phenolic OH excluding ortho intramolecular Hbond substituents is 2. The lowest BCUT2D eigenvalue weighted by Gasteiger charge is -2.11. The maximum Gasteiger partial charge on any atom is 0.331 e. The van der Waals surface area contributed by atoms with E-state index in [1.807, 2.05) is 0 Å². The first-order valence-corrected chi connectivity index (χ1v) is 15.5. The van der Waals surface area contributed by atoms with Crippen molar-refractivity contribution < 1.29 is 24.4 Å². The number of ether oxygens (including phenoxy) is 3. The van der Waals surface area contributed by atoms with Crippen molar-refractivity contribution in [1.82, 2.24) is 44.9 Å². The summed E-state index contributed by atoms with van der Waals surface area (Å²) in [5.74, 6) is 0.123. The summed E-state index contributed by atoms with van der Waals surface area (Å²) in [6, 6.07) is 19.1. The van der Waals surface area contributed by atoms with Gasteiger partial charge in [-0.2, -0.15) is 0 Å². The van der Waals surface area contributed by atoms with Gasteiger partial charge in [-0.3, -0.25) is 0 Å². The minimum atomic E-state index is -0.154. The largest absolute Gasteiger partial charge is 0.505 e. The van der Waals surface area contributed by atoms with Crippen molar-refractivity contribution in [2.75, 3.05) is 6.61 Å². The lowest BCUT2D eigenvalue weighted by atomic mass is 10.3. The van der Waals surface area contributed by atoms with Crippen LogP contribution in [-0.2, 0) is 0 Å². The molecular formula is C32H25Cl2N9O5. The first kappa shape index (κ1) is 30.9. The molecule has 0 aliphatic heterocycles. The van der Waals surface area contributed by atoms with Crippen LogP contribution in [0.5, 0.6) is 41.0 Å². The molecule has 0 radical (unpaired) electrons. The van der Waals surface area contributed by atoms with Crippen LogP contribution in [0.2, 0.25) is 10.0 Å². The highest BCUT2D eigenvalue weighted by Crippen LogP contribution is 2.32. The number of phenols is 2. The Morgan fingerprint density at radius 2 is 1.06 bits per heavy atom. The van der Waals surface area contributed by atoms with Crippen molar-refractivity contribution in [2.45, 2.75) is 26.2 Å². The van der Waals surface area contributed by atoms with E-state index in [4.69, 9.17) is 37.4 Å². The van der Waals surface area contributed by atoms with Crippen LogP contribution in [0.1, 0.15) is 26.2 Å². The predicted octanol–water partition coefficient (Wildman–Crippen LogP) is 7.21. The Morgan fingerprint density at radius 3 is 1.54 bits per heavy atom. The zero-order chi connectivity index (χ0) is 33.2. The molecule has 0 saturated heterocycles. The smallest absolute Gasteiger partial charge is 0.331 e. The SMILES string of the molecule is CCCCCOc1nc(Oc2ccc(-n3nc4ccc(Cl)cc4n3)c(O)c2)nc(Oc2ccc(-n3nc4ccc(Cl)cc4n3)c(O)c2)n1. The molecule has 16 heteroatoms. The van der Waals surface area contributed by atoms with Gasteiger partial charge in [-0.05, 0) is 67.1 Å². The van der Waals surface area contributed by atoms with Crippen LogP contribution < -0.4 is 14.2 Å². The molecule has 0 saturated carbocycles. The van der Waals surface area contributed by atoms with E-state index in [-0.39, 0.29) is 41.0 Å². The van der Waals surface area contributed by atoms with Crippen LogP contribution in [0, 0.1) is 0 Å². The highest BCUT2D eigenvalue weighted by Gasteiger charge is 2.17. The van der Waals surface area contributed by atoms with Crippen molar-refractivity contribution in [3.63, 3.8) is 0 Å². The van der Waals surface area contributed by atoms with Crippen molar-refractivity contribution in [3.05, 3.63) is 82.8 Å². The van der Waals surface area contributed by atoms with Gasteiger partial charge >= 0.3 is 18.0 Å². The average molecular weight is 687 g/mol. The Balaban J connectivity index is 1.13. The van der Waals surface area contributed by atoms with Gasteiger partial charge < -0.3 is 24.4 Å². The summed E-state index contributed by atoms with van der Waals surface area (Å²) in [7, 11) is 0. The first-order valence-electron chi connectivity index (χ1n) is 14.8. The lowest BCUT2D eigenvalue weighted by molar-refractivity contribution is 0.268. The summed E-state index contributed by atoms with van der Waals surface area (Å²) in [5, 5.41) is 40.2. The van der Waals surface area contributed by atoms with Crippen LogP contribution in [0.3, 0.4) is 0 Å². The van der Waals surface area contributed by atoms with Gasteiger partial charge in [-0.1, -0.05) is 43.0 Å². The minimum Gasteiger partial charge on any atom is -0.505 e. The molecule has 0 unspecified atom stereocenters. The normalized spacial score (nSPS) is 11.3. The molecule has 242 valence electrons. The first-order chi connectivity index (χ1) is 23.3. The lowest BCUT2D eigenvalue weighted by Crippen LogP contribution is -2.05. The maximum absolute atomic E-state index is 10.8. The van der Waals surface area contributed by atoms with Crippen LogP contribution in [-0.4, -0.2) is 61.8 Å². The molecule has 0 spiro atoms. The molecule has 48 heavy (non-hydrogen) atoms. The monoisotopic (exact) mass is 685 g/mol. The third-order valence-corrected chi connectivity index (χ3v) is 7.45. The number of hydrogen-bond donors (Lipinski definition) is 2. The molecule has 0 aliphatic rings. The second-order valence-electron chi connectivity index (χ2n) is 10.5. The topological polar surface area (TPSA) is 168 Å². The van der Waals surface area contributed by atoms with E-state index in [9.17, 15) is 10.2 Å². The number of halogens is 2. The molecule has 0 fully saturated rings. The van der Waals surface area contributed by atoms with E-state index in [1.165, 1.54) is 21.7 Å². The molecule has 3 aromatic heterocycles. The van der Waals surface area contributed by atoms with Gasteiger partial charge in [-0.15, -0.1) is 44.9 Å². The Bertz CT molecular complexity index is 2130. The number of rotatable bonds is 11. The fourth-order valence-electron chi connectivity index (χ4n) is 4.67. The second-order valence-corrected chi connectivity index (χ2v) is 11.4. The molecule has 0 amide bonds. The van der Waals surface area contributed by atoms with Crippen LogP contribution in [0.15, 0.2) is 72.8 Å². The van der Waals surface area contributed by atoms with Gasteiger partial charge in [0.25, 0.3) is 0 Å². The second kappa shape index (κ2) is 13.2. The molecular weight excluding hydrogens is 661 g/mol. The summed E-state index contributed by atoms with van der Waals surface area (Å²) in [6.45, 7) is 2.46. The van der Waals surface area contributed by atoms with E-state index in [1.54, 1.807) is 60.7 Å². The van der Waals surface area contributed by atoms with Crippen molar-refractivity contribution in [1.29, 1.82) is 0 Å². The van der Waals surface area contributed by atoms with E-state index >= 15 is 0 Å². The van der Waals surface area contributed by atoms with E-state index in [0.29, 0.717) is 50.1 Å². The van der Waals surface area contributed by atoms with Gasteiger partial charge in [0.15, 0.2) is 0 Å². The summed E-state index contributed by atoms with van der Waals surface area (Å²) < 4.78 is 17.5. The number of unbranched alkanes of at least 4 members (excludes halogenated alkanes) is 2. The van der Waals surface area contributed by atoms with E-state index in [2.05, 4.69) is 42.3 Å². The summed E-state index contributed by atoms with van der Waals surface area (Å²) in [6.07, 6.45) is 2.78. The maximum atomic E-state index is 10.8. The quantitative estimate of drug-likeness (QED) is 0.131. The summed E-state index contributed by atoms with van der Waals surface area (Å²) in [5.41, 5.74) is 3.02. The van der Waals surface area contributed by atoms with Gasteiger partial charge in [0.05, 0.1) is 6.61 Å². The molecule has 2 N–H and O–H groups in total. The third-order valence-electron chi connectivity index (χ3n) is 6.98. The standard InChI is InChI=1S/C32H25Cl2N9O5/c1-2-3-4-13-46-30-35-31(47-20-7-11-26(28(44)16-20)42-38-22-9-5-18(33)14-24(22)40-42)37-32(36-30)48-21-8-12-27(29(45)17-21)43-39-23-10-6-19(34)15-25(23)41-43/h5-12,14-17,44-45H,2-4,13H2,1H3. The Morgan fingerprint density at radius 1 is 0.583 bits per heavy atom. The van der Waals surface area contributed by atoms with Crippen LogP contribution >= 0.6 is 23.2 Å². The van der Waals surface area contributed by atoms with Crippen molar-refractivity contribution in [2.24, 2.45) is 0 Å². The molecule has 7 rings (SSSR count). The number of aromatic hydroxyl groups is 2. The Hall–Kier alpha value is -5.73. The number of aromatic nitrogens is 9. The Kier molecular flexibility index (Phi) is 8.48. The Labute approximate surface area is 282 Å². The number of fused-ring (bicyclic) bond motifs is 2. The predicted molar refractivity (Wildman–Crippen MR) is 176 cm³/mol. The highest BCUT2D eigenvalue weighted by molar-refractivity contribution is 6.31. The molecule has 7 aromatic rings. The molecule has 0 atom stereocenters. The molecule has 0 aliphatic carbocycles. The number of benzene rings is 4. The fourth-order valence-corrected chi connectivity index (χ4v) is 5.00. The molecule has 4 aromatic carbocycles.